The van der Waals surface area contributed by atoms with Crippen LogP contribution < -0.4 is 10.6 Å². The van der Waals surface area contributed by atoms with Crippen molar-refractivity contribution in [2.24, 2.45) is 0 Å². The van der Waals surface area contributed by atoms with Crippen LogP contribution in [0.5, 0.6) is 0 Å². The van der Waals surface area contributed by atoms with E-state index in [2.05, 4.69) is 15.4 Å². The first kappa shape index (κ1) is 28.3. The molecule has 4 rings (SSSR count). The van der Waals surface area contributed by atoms with Crippen molar-refractivity contribution in [3.63, 3.8) is 0 Å². The highest BCUT2D eigenvalue weighted by Gasteiger charge is 2.32. The maximum absolute atomic E-state index is 12.2. The highest BCUT2D eigenvalue weighted by molar-refractivity contribution is 5.68. The number of alkyl halides is 2. The maximum atomic E-state index is 12.2. The van der Waals surface area contributed by atoms with E-state index in [0.29, 0.717) is 12.8 Å². The van der Waals surface area contributed by atoms with E-state index in [-0.39, 0.29) is 19.3 Å². The number of nitrogens with one attached hydrogen (secondary N) is 2. The van der Waals surface area contributed by atoms with E-state index in [0.717, 1.165) is 36.8 Å². The average molecular weight is 521 g/mol. The van der Waals surface area contributed by atoms with Gasteiger partial charge in [0.2, 0.25) is 0 Å². The Hall–Kier alpha value is -3.24. The molecule has 10 heteroatoms. The zero-order valence-corrected chi connectivity index (χ0v) is 20.6. The molecule has 0 radical (unpaired) electrons. The fraction of sp³-hybridized carbons (Fsp3) is 0.481. The minimum Gasteiger partial charge on any atom is -0.445 e. The summed E-state index contributed by atoms with van der Waals surface area (Å²) in [6.45, 7) is -2.40. The summed E-state index contributed by atoms with van der Waals surface area (Å²) in [5.74, 6) is 0. The molecule has 2 aliphatic rings. The van der Waals surface area contributed by atoms with Crippen molar-refractivity contribution in [3.8, 4) is 0 Å². The molecule has 0 unspecified atom stereocenters. The van der Waals surface area contributed by atoms with E-state index in [1.165, 1.54) is 0 Å². The summed E-state index contributed by atoms with van der Waals surface area (Å²) < 4.78 is 39.0. The first-order valence-electron chi connectivity index (χ1n) is 12.5. The van der Waals surface area contributed by atoms with Gasteiger partial charge in [-0.15, -0.1) is 0 Å². The van der Waals surface area contributed by atoms with E-state index >= 15 is 0 Å². The Morgan fingerprint density at radius 2 is 1.27 bits per heavy atom. The van der Waals surface area contributed by atoms with E-state index in [1.807, 2.05) is 60.7 Å². The zero-order chi connectivity index (χ0) is 26.5. The van der Waals surface area contributed by atoms with Gasteiger partial charge in [0, 0.05) is 0 Å². The van der Waals surface area contributed by atoms with Gasteiger partial charge in [0.25, 0.3) is 0 Å². The second kappa shape index (κ2) is 15.1. The number of carbonyl (C=O) groups excluding carboxylic acids is 2. The molecule has 3 N–H and O–H groups in total. The van der Waals surface area contributed by atoms with Crippen LogP contribution in [-0.2, 0) is 27.4 Å². The number of ether oxygens (including phenoxy) is 3. The summed E-state index contributed by atoms with van der Waals surface area (Å²) in [6.07, 6.45) is 2.28. The third-order valence-corrected chi connectivity index (χ3v) is 6.24. The molecule has 0 aromatic heterocycles. The normalized spacial score (nSPS) is 22.6. The van der Waals surface area contributed by atoms with Gasteiger partial charge in [-0.25, -0.2) is 9.59 Å². The quantitative estimate of drug-likeness (QED) is 0.457. The third kappa shape index (κ3) is 10.3. The highest BCUT2D eigenvalue weighted by Crippen LogP contribution is 2.24. The fourth-order valence-electron chi connectivity index (χ4n) is 4.33. The summed E-state index contributed by atoms with van der Waals surface area (Å²) >= 11 is 0. The van der Waals surface area contributed by atoms with Crippen LogP contribution in [0.3, 0.4) is 0 Å². The van der Waals surface area contributed by atoms with Crippen molar-refractivity contribution in [2.45, 2.75) is 82.6 Å². The highest BCUT2D eigenvalue weighted by atomic mass is 19.3. The van der Waals surface area contributed by atoms with Crippen LogP contribution in [0.4, 0.5) is 18.4 Å². The van der Waals surface area contributed by atoms with Gasteiger partial charge < -0.3 is 30.0 Å². The molecule has 2 aliphatic carbocycles. The third-order valence-electron chi connectivity index (χ3n) is 6.24. The molecule has 2 saturated carbocycles. The molecule has 2 fully saturated rings. The molecular weight excluding hydrogens is 486 g/mol. The molecule has 202 valence electrons. The number of halogens is 2. The van der Waals surface area contributed by atoms with Gasteiger partial charge in [0.15, 0.2) is 0 Å². The second-order valence-corrected chi connectivity index (χ2v) is 8.99. The molecule has 4 atom stereocenters. The van der Waals surface area contributed by atoms with Crippen LogP contribution >= 0.6 is 0 Å². The summed E-state index contributed by atoms with van der Waals surface area (Å²) in [5, 5.41) is 14.8. The molecule has 2 aromatic rings. The molecule has 8 nitrogen and oxygen atoms in total. The Labute approximate surface area is 215 Å². The first-order valence-corrected chi connectivity index (χ1v) is 12.5. The molecule has 0 bridgehead atoms. The molecule has 0 aliphatic heterocycles. The lowest BCUT2D eigenvalue weighted by Gasteiger charge is -2.20. The Kier molecular flexibility index (Phi) is 11.6. The maximum Gasteiger partial charge on any atom is 0.407 e. The largest absolute Gasteiger partial charge is 0.445 e. The number of amides is 2. The number of aliphatic hydroxyl groups excluding tert-OH is 1. The van der Waals surface area contributed by atoms with Crippen LogP contribution in [-0.4, -0.2) is 48.2 Å². The van der Waals surface area contributed by atoms with Gasteiger partial charge in [-0.1, -0.05) is 60.7 Å². The number of aliphatic hydroxyl groups is 1. The summed E-state index contributed by atoms with van der Waals surface area (Å²) in [7, 11) is 0. The lowest BCUT2D eigenvalue weighted by Crippen LogP contribution is -2.41. The number of carbonyl (C=O) groups is 2. The van der Waals surface area contributed by atoms with Crippen LogP contribution in [0, 0.1) is 0 Å². The van der Waals surface area contributed by atoms with Crippen LogP contribution in [0.2, 0.25) is 0 Å². The fourth-order valence-corrected chi connectivity index (χ4v) is 4.33. The number of hydrogen-bond donors (Lipinski definition) is 3. The number of hydrogen-bond acceptors (Lipinski definition) is 6. The van der Waals surface area contributed by atoms with E-state index in [1.54, 1.807) is 0 Å². The lowest BCUT2D eigenvalue weighted by molar-refractivity contribution is -0.165. The van der Waals surface area contributed by atoms with Crippen molar-refractivity contribution >= 4 is 12.2 Å². The van der Waals surface area contributed by atoms with Gasteiger partial charge in [0.05, 0.1) is 24.3 Å². The summed E-state index contributed by atoms with van der Waals surface area (Å²) in [5.41, 5.74) is 1.82. The molecule has 0 heterocycles. The standard InChI is InChI=1S/C14H17F2NO3.C13H17NO3/c15-13(16)20-12-8-4-7-11(12)17-14(18)19-9-10-5-2-1-3-6-10;15-12-8-4-7-11(12)14-13(16)17-9-10-5-2-1-3-6-10/h1-3,5-6,11-13H,4,7-9H2,(H,17,18);1-3,5-6,11-12,15H,4,7-9H2,(H,14,16)/t2*11-,12-/m11/s1. The van der Waals surface area contributed by atoms with Crippen molar-refractivity contribution in [1.82, 2.24) is 10.6 Å². The Balaban J connectivity index is 0.000000208. The van der Waals surface area contributed by atoms with Gasteiger partial charge in [-0.2, -0.15) is 8.78 Å². The van der Waals surface area contributed by atoms with Crippen LogP contribution in [0.15, 0.2) is 60.7 Å². The van der Waals surface area contributed by atoms with E-state index < -0.39 is 37.0 Å². The smallest absolute Gasteiger partial charge is 0.407 e. The van der Waals surface area contributed by atoms with Crippen molar-refractivity contribution in [1.29, 1.82) is 0 Å². The Morgan fingerprint density at radius 1 is 0.784 bits per heavy atom. The monoisotopic (exact) mass is 520 g/mol. The zero-order valence-electron chi connectivity index (χ0n) is 20.6. The van der Waals surface area contributed by atoms with Crippen LogP contribution in [0.25, 0.3) is 0 Å². The van der Waals surface area contributed by atoms with E-state index in [4.69, 9.17) is 9.47 Å². The second-order valence-electron chi connectivity index (χ2n) is 8.99. The number of alkyl carbamates (subject to hydrolysis) is 2. The predicted molar refractivity (Wildman–Crippen MR) is 132 cm³/mol. The van der Waals surface area contributed by atoms with Crippen molar-refractivity contribution in [3.05, 3.63) is 71.8 Å². The van der Waals surface area contributed by atoms with E-state index in [9.17, 15) is 23.5 Å². The van der Waals surface area contributed by atoms with Gasteiger partial charge in [-0.3, -0.25) is 0 Å². The number of benzene rings is 2. The van der Waals surface area contributed by atoms with Gasteiger partial charge in [0.1, 0.15) is 13.2 Å². The summed E-state index contributed by atoms with van der Waals surface area (Å²) in [4.78, 5) is 23.1. The Bertz CT molecular complexity index is 950. The van der Waals surface area contributed by atoms with Crippen molar-refractivity contribution < 1.29 is 37.7 Å². The lowest BCUT2D eigenvalue weighted by atomic mass is 10.2. The molecule has 0 spiro atoms. The Morgan fingerprint density at radius 3 is 1.76 bits per heavy atom. The molecule has 0 saturated heterocycles. The van der Waals surface area contributed by atoms with Crippen molar-refractivity contribution in [2.75, 3.05) is 0 Å². The number of rotatable bonds is 8. The minimum absolute atomic E-state index is 0.153. The summed E-state index contributed by atoms with van der Waals surface area (Å²) in [6, 6.07) is 18.2. The van der Waals surface area contributed by atoms with Gasteiger partial charge in [-0.05, 0) is 49.7 Å². The van der Waals surface area contributed by atoms with Crippen LogP contribution in [0.1, 0.15) is 49.7 Å². The molecule has 37 heavy (non-hydrogen) atoms. The molecular formula is C27H34F2N2O6. The topological polar surface area (TPSA) is 106 Å². The minimum atomic E-state index is -2.82. The average Bonchev–Trinajstić information content (AvgIpc) is 3.51. The SMILES string of the molecule is O=C(N[C@@H]1CCC[C@H]1O)OCc1ccccc1.O=C(N[C@@H]1CCC[C@H]1OC(F)F)OCc1ccccc1. The molecule has 2 amide bonds. The first-order chi connectivity index (χ1) is 17.9. The predicted octanol–water partition coefficient (Wildman–Crippen LogP) is 4.90. The van der Waals surface area contributed by atoms with Gasteiger partial charge >= 0.3 is 18.8 Å². The molecule has 2 aromatic carbocycles.